The highest BCUT2D eigenvalue weighted by Gasteiger charge is 2.36. The van der Waals surface area contributed by atoms with E-state index in [9.17, 15) is 23.4 Å². The van der Waals surface area contributed by atoms with Gasteiger partial charge in [-0.25, -0.2) is 0 Å². The number of alkyl halides is 3. The topological polar surface area (TPSA) is 43.7 Å². The summed E-state index contributed by atoms with van der Waals surface area (Å²) in [7, 11) is 0. The van der Waals surface area contributed by atoms with Crippen molar-refractivity contribution in [1.82, 2.24) is 4.90 Å². The molecule has 1 aromatic carbocycles. The molecule has 0 aliphatic carbocycles. The molecule has 6 heteroatoms. The van der Waals surface area contributed by atoms with Crippen LogP contribution in [-0.4, -0.2) is 39.9 Å². The average Bonchev–Trinajstić information content (AvgIpc) is 2.35. The number of rotatable bonds is 2. The number of nitrogens with zero attached hydrogens (tertiary/aromatic N) is 1. The average molecular weight is 303 g/mol. The number of aliphatic hydroxyl groups excluding tert-OH is 1. The summed E-state index contributed by atoms with van der Waals surface area (Å²) in [4.78, 5) is 1.87. The number of aliphatic hydroxyl groups is 2. The summed E-state index contributed by atoms with van der Waals surface area (Å²) in [5.74, 6) is 0. The lowest BCUT2D eigenvalue weighted by molar-refractivity contribution is -0.137. The van der Waals surface area contributed by atoms with Gasteiger partial charge in [0.2, 0.25) is 0 Å². The van der Waals surface area contributed by atoms with Gasteiger partial charge in [0.15, 0.2) is 0 Å². The number of aryl methyl sites for hydroxylation is 1. The molecule has 3 nitrogen and oxygen atoms in total. The standard InChI is InChI=1S/C15H20F3NO2/c1-10-3-4-12(15(16,17)18)7-11(10)8-19-6-5-14(2,21)13(20)9-19/h3-4,7,13,20-21H,5-6,8-9H2,1-2H3/t13-,14+/m0/s1. The summed E-state index contributed by atoms with van der Waals surface area (Å²) in [5.41, 5.74) is -0.402. The van der Waals surface area contributed by atoms with Crippen molar-refractivity contribution in [3.8, 4) is 0 Å². The maximum atomic E-state index is 12.8. The summed E-state index contributed by atoms with van der Waals surface area (Å²) in [6.07, 6.45) is -4.85. The molecule has 118 valence electrons. The zero-order valence-corrected chi connectivity index (χ0v) is 12.1. The van der Waals surface area contributed by atoms with E-state index in [1.807, 2.05) is 4.90 Å². The first-order chi connectivity index (χ1) is 9.59. The van der Waals surface area contributed by atoms with E-state index < -0.39 is 23.4 Å². The molecule has 0 unspecified atom stereocenters. The number of halogens is 3. The summed E-state index contributed by atoms with van der Waals surface area (Å²) in [5, 5.41) is 19.8. The third kappa shape index (κ3) is 3.75. The van der Waals surface area contributed by atoms with Crippen molar-refractivity contribution >= 4 is 0 Å². The summed E-state index contributed by atoms with van der Waals surface area (Å²) < 4.78 is 38.3. The van der Waals surface area contributed by atoms with Crippen LogP contribution in [0.5, 0.6) is 0 Å². The fourth-order valence-electron chi connectivity index (χ4n) is 2.49. The van der Waals surface area contributed by atoms with Gasteiger partial charge in [-0.2, -0.15) is 13.2 Å². The van der Waals surface area contributed by atoms with E-state index in [0.29, 0.717) is 25.1 Å². The predicted octanol–water partition coefficient (Wildman–Crippen LogP) is 2.33. The van der Waals surface area contributed by atoms with Gasteiger partial charge in [0, 0.05) is 19.6 Å². The van der Waals surface area contributed by atoms with Crippen molar-refractivity contribution in [2.75, 3.05) is 13.1 Å². The van der Waals surface area contributed by atoms with Crippen LogP contribution < -0.4 is 0 Å². The molecule has 1 fully saturated rings. The Balaban J connectivity index is 2.13. The summed E-state index contributed by atoms with van der Waals surface area (Å²) >= 11 is 0. The highest BCUT2D eigenvalue weighted by atomic mass is 19.4. The van der Waals surface area contributed by atoms with E-state index in [-0.39, 0.29) is 6.54 Å². The van der Waals surface area contributed by atoms with Gasteiger partial charge in [0.1, 0.15) is 0 Å². The van der Waals surface area contributed by atoms with Gasteiger partial charge >= 0.3 is 6.18 Å². The lowest BCUT2D eigenvalue weighted by Crippen LogP contribution is -2.53. The van der Waals surface area contributed by atoms with E-state index in [2.05, 4.69) is 0 Å². The molecule has 1 aliphatic rings. The van der Waals surface area contributed by atoms with Gasteiger partial charge in [-0.1, -0.05) is 6.07 Å². The van der Waals surface area contributed by atoms with Gasteiger partial charge in [-0.3, -0.25) is 4.90 Å². The molecule has 2 rings (SSSR count). The Morgan fingerprint density at radius 3 is 2.62 bits per heavy atom. The molecule has 21 heavy (non-hydrogen) atoms. The molecule has 0 spiro atoms. The van der Waals surface area contributed by atoms with Crippen molar-refractivity contribution in [3.63, 3.8) is 0 Å². The first-order valence-electron chi connectivity index (χ1n) is 6.89. The van der Waals surface area contributed by atoms with Gasteiger partial charge in [-0.15, -0.1) is 0 Å². The van der Waals surface area contributed by atoms with E-state index in [1.54, 1.807) is 13.8 Å². The highest BCUT2D eigenvalue weighted by molar-refractivity contribution is 5.32. The minimum absolute atomic E-state index is 0.253. The fraction of sp³-hybridized carbons (Fsp3) is 0.600. The van der Waals surface area contributed by atoms with Crippen LogP contribution in [-0.2, 0) is 12.7 Å². The molecule has 1 saturated heterocycles. The molecule has 1 heterocycles. The first-order valence-corrected chi connectivity index (χ1v) is 6.89. The Kier molecular flexibility index (Phi) is 4.33. The monoisotopic (exact) mass is 303 g/mol. The zero-order valence-electron chi connectivity index (χ0n) is 12.1. The maximum Gasteiger partial charge on any atom is 0.416 e. The number of hydrogen-bond donors (Lipinski definition) is 2. The first kappa shape index (κ1) is 16.3. The van der Waals surface area contributed by atoms with Crippen LogP contribution in [0.4, 0.5) is 13.2 Å². The summed E-state index contributed by atoms with van der Waals surface area (Å²) in [6.45, 7) is 4.47. The minimum Gasteiger partial charge on any atom is -0.389 e. The third-order valence-electron chi connectivity index (χ3n) is 4.15. The lowest BCUT2D eigenvalue weighted by Gasteiger charge is -2.40. The van der Waals surface area contributed by atoms with Crippen molar-refractivity contribution in [2.45, 2.75) is 44.7 Å². The summed E-state index contributed by atoms with van der Waals surface area (Å²) in [6, 6.07) is 3.71. The van der Waals surface area contributed by atoms with E-state index in [1.165, 1.54) is 6.07 Å². The Morgan fingerprint density at radius 1 is 1.38 bits per heavy atom. The molecule has 0 aromatic heterocycles. The number of piperidine rings is 1. The van der Waals surface area contributed by atoms with Gasteiger partial charge < -0.3 is 10.2 Å². The van der Waals surface area contributed by atoms with Crippen LogP contribution >= 0.6 is 0 Å². The van der Waals surface area contributed by atoms with Gasteiger partial charge in [0.05, 0.1) is 17.3 Å². The maximum absolute atomic E-state index is 12.8. The SMILES string of the molecule is Cc1ccc(C(F)(F)F)cc1CN1CC[C@@](C)(O)[C@@H](O)C1. The predicted molar refractivity (Wildman–Crippen MR) is 72.7 cm³/mol. The fourth-order valence-corrected chi connectivity index (χ4v) is 2.49. The van der Waals surface area contributed by atoms with Crippen LogP contribution in [0.15, 0.2) is 18.2 Å². The largest absolute Gasteiger partial charge is 0.416 e. The molecule has 0 bridgehead atoms. The molecule has 1 aliphatic heterocycles. The molecule has 0 radical (unpaired) electrons. The zero-order chi connectivity index (χ0) is 15.8. The molecular formula is C15H20F3NO2. The Hall–Kier alpha value is -1.11. The van der Waals surface area contributed by atoms with Gasteiger partial charge in [0.25, 0.3) is 0 Å². The van der Waals surface area contributed by atoms with Crippen molar-refractivity contribution in [2.24, 2.45) is 0 Å². The molecule has 2 N–H and O–H groups in total. The minimum atomic E-state index is -4.35. The highest BCUT2D eigenvalue weighted by Crippen LogP contribution is 2.31. The van der Waals surface area contributed by atoms with Crippen molar-refractivity contribution in [3.05, 3.63) is 34.9 Å². The second kappa shape index (κ2) is 5.59. The number of benzene rings is 1. The number of β-amino-alcohol motifs (C(OH)–C–C–N with tert-alkyl or cyclic N) is 1. The molecule has 1 aromatic rings. The van der Waals surface area contributed by atoms with E-state index in [0.717, 1.165) is 17.7 Å². The van der Waals surface area contributed by atoms with Crippen LogP contribution in [0, 0.1) is 6.92 Å². The lowest BCUT2D eigenvalue weighted by atomic mass is 9.90. The van der Waals surface area contributed by atoms with Crippen molar-refractivity contribution in [1.29, 1.82) is 0 Å². The van der Waals surface area contributed by atoms with Crippen LogP contribution in [0.25, 0.3) is 0 Å². The third-order valence-corrected chi connectivity index (χ3v) is 4.15. The smallest absolute Gasteiger partial charge is 0.389 e. The molecule has 2 atom stereocenters. The Morgan fingerprint density at radius 2 is 2.05 bits per heavy atom. The van der Waals surface area contributed by atoms with Crippen molar-refractivity contribution < 1.29 is 23.4 Å². The molecular weight excluding hydrogens is 283 g/mol. The molecule has 0 saturated carbocycles. The van der Waals surface area contributed by atoms with Crippen LogP contribution in [0.3, 0.4) is 0 Å². The second-order valence-electron chi connectivity index (χ2n) is 6.00. The van der Waals surface area contributed by atoms with E-state index >= 15 is 0 Å². The normalized spacial score (nSPS) is 27.9. The molecule has 0 amide bonds. The Bertz CT molecular complexity index is 514. The Labute approximate surface area is 122 Å². The number of likely N-dealkylation sites (tertiary alicyclic amines) is 1. The van der Waals surface area contributed by atoms with Crippen LogP contribution in [0.1, 0.15) is 30.0 Å². The second-order valence-corrected chi connectivity index (χ2v) is 6.00. The van der Waals surface area contributed by atoms with Gasteiger partial charge in [-0.05, 0) is 43.5 Å². The van der Waals surface area contributed by atoms with E-state index in [4.69, 9.17) is 0 Å². The number of hydrogen-bond acceptors (Lipinski definition) is 3. The quantitative estimate of drug-likeness (QED) is 0.881. The van der Waals surface area contributed by atoms with Crippen LogP contribution in [0.2, 0.25) is 0 Å².